The van der Waals surface area contributed by atoms with Gasteiger partial charge < -0.3 is 15.5 Å². The van der Waals surface area contributed by atoms with E-state index in [2.05, 4.69) is 20.2 Å². The van der Waals surface area contributed by atoms with E-state index in [1.54, 1.807) is 31.2 Å². The van der Waals surface area contributed by atoms with E-state index in [9.17, 15) is 9.59 Å². The van der Waals surface area contributed by atoms with Crippen molar-refractivity contribution in [3.8, 4) is 0 Å². The Kier molecular flexibility index (Phi) is 6.05. The minimum atomic E-state index is -0.253. The summed E-state index contributed by atoms with van der Waals surface area (Å²) in [6.07, 6.45) is 1.71. The molecule has 2 N–H and O–H groups in total. The van der Waals surface area contributed by atoms with Crippen LogP contribution in [0.3, 0.4) is 0 Å². The highest BCUT2D eigenvalue weighted by Crippen LogP contribution is 2.21. The number of hydrogen-bond donors (Lipinski definition) is 2. The van der Waals surface area contributed by atoms with Crippen LogP contribution in [0, 0.1) is 12.8 Å². The van der Waals surface area contributed by atoms with Gasteiger partial charge in [0, 0.05) is 30.3 Å². The van der Waals surface area contributed by atoms with Gasteiger partial charge in [-0.3, -0.25) is 4.79 Å². The number of halogens is 1. The molecule has 26 heavy (non-hydrogen) atoms. The van der Waals surface area contributed by atoms with Gasteiger partial charge in [-0.05, 0) is 55.4 Å². The third-order valence-electron chi connectivity index (χ3n) is 4.38. The molecule has 3 amide bonds. The Balaban J connectivity index is 1.42. The molecule has 0 radical (unpaired) electrons. The maximum absolute atomic E-state index is 12.5. The van der Waals surface area contributed by atoms with E-state index >= 15 is 0 Å². The number of rotatable bonds is 4. The van der Waals surface area contributed by atoms with E-state index in [1.165, 1.54) is 0 Å². The Morgan fingerprint density at radius 3 is 2.77 bits per heavy atom. The number of aryl methyl sites for hydroxylation is 1. The molecule has 138 valence electrons. The molecule has 0 saturated carbocycles. The smallest absolute Gasteiger partial charge is 0.319 e. The fraction of sp³-hybridized carbons (Fsp3) is 0.412. The molecule has 2 aromatic rings. The first-order valence-electron chi connectivity index (χ1n) is 8.41. The summed E-state index contributed by atoms with van der Waals surface area (Å²) < 4.78 is 3.82. The van der Waals surface area contributed by atoms with Crippen LogP contribution in [-0.4, -0.2) is 46.1 Å². The molecule has 3 rings (SSSR count). The van der Waals surface area contributed by atoms with Gasteiger partial charge in [-0.1, -0.05) is 22.2 Å². The van der Waals surface area contributed by atoms with Crippen molar-refractivity contribution >= 4 is 40.8 Å². The fourth-order valence-electron chi connectivity index (χ4n) is 2.89. The molecule has 1 aliphatic heterocycles. The standard InChI is InChI=1S/C17H20ClN5O2S/c1-11-15(26-22-21-11)16(24)23-7-5-12(6-8-23)10-19-17(25)20-14-4-2-3-13(18)9-14/h2-4,9,12H,5-8,10H2,1H3,(H2,19,20,25). The molecule has 1 aromatic carbocycles. The quantitative estimate of drug-likeness (QED) is 0.835. The van der Waals surface area contributed by atoms with E-state index in [4.69, 9.17) is 11.6 Å². The Labute approximate surface area is 160 Å². The lowest BCUT2D eigenvalue weighted by molar-refractivity contribution is 0.0694. The number of nitrogens with zero attached hydrogens (tertiary/aromatic N) is 3. The van der Waals surface area contributed by atoms with Crippen LogP contribution >= 0.6 is 23.1 Å². The molecule has 1 saturated heterocycles. The van der Waals surface area contributed by atoms with Gasteiger partial charge in [-0.2, -0.15) is 0 Å². The van der Waals surface area contributed by atoms with Crippen LogP contribution in [0.4, 0.5) is 10.5 Å². The van der Waals surface area contributed by atoms with Gasteiger partial charge in [-0.25, -0.2) is 4.79 Å². The van der Waals surface area contributed by atoms with Crippen molar-refractivity contribution in [3.05, 3.63) is 39.9 Å². The molecule has 9 heteroatoms. The summed E-state index contributed by atoms with van der Waals surface area (Å²) in [5.74, 6) is 0.354. The molecule has 1 aromatic heterocycles. The van der Waals surface area contributed by atoms with E-state index in [0.29, 0.717) is 46.8 Å². The molecule has 0 bridgehead atoms. The maximum atomic E-state index is 12.5. The molecular formula is C17H20ClN5O2S. The van der Waals surface area contributed by atoms with Crippen molar-refractivity contribution < 1.29 is 9.59 Å². The lowest BCUT2D eigenvalue weighted by atomic mass is 9.96. The van der Waals surface area contributed by atoms with Crippen molar-refractivity contribution in [2.24, 2.45) is 5.92 Å². The van der Waals surface area contributed by atoms with Crippen LogP contribution in [0.25, 0.3) is 0 Å². The van der Waals surface area contributed by atoms with Gasteiger partial charge in [-0.15, -0.1) is 5.10 Å². The number of carbonyl (C=O) groups is 2. The van der Waals surface area contributed by atoms with Crippen LogP contribution in [0.5, 0.6) is 0 Å². The lowest BCUT2D eigenvalue weighted by Gasteiger charge is -2.31. The number of aromatic nitrogens is 2. The second-order valence-electron chi connectivity index (χ2n) is 6.27. The first kappa shape index (κ1) is 18.6. The van der Waals surface area contributed by atoms with E-state index < -0.39 is 0 Å². The molecule has 7 nitrogen and oxygen atoms in total. The number of anilines is 1. The van der Waals surface area contributed by atoms with Crippen LogP contribution in [0.15, 0.2) is 24.3 Å². The number of nitrogens with one attached hydrogen (secondary N) is 2. The minimum Gasteiger partial charge on any atom is -0.338 e. The maximum Gasteiger partial charge on any atom is 0.319 e. The summed E-state index contributed by atoms with van der Waals surface area (Å²) in [4.78, 5) is 26.9. The topological polar surface area (TPSA) is 87.2 Å². The van der Waals surface area contributed by atoms with Gasteiger partial charge in [0.15, 0.2) is 0 Å². The first-order valence-corrected chi connectivity index (χ1v) is 9.56. The highest BCUT2D eigenvalue weighted by atomic mass is 35.5. The van der Waals surface area contributed by atoms with Crippen LogP contribution in [0.1, 0.15) is 28.2 Å². The summed E-state index contributed by atoms with van der Waals surface area (Å²) in [5, 5.41) is 10.1. The molecule has 1 fully saturated rings. The summed E-state index contributed by atoms with van der Waals surface area (Å²) in [6, 6.07) is 6.76. The normalized spacial score (nSPS) is 14.9. The minimum absolute atomic E-state index is 0.00242. The zero-order valence-corrected chi connectivity index (χ0v) is 15.9. The average Bonchev–Trinajstić information content (AvgIpc) is 3.06. The van der Waals surface area contributed by atoms with Crippen molar-refractivity contribution in [3.63, 3.8) is 0 Å². The van der Waals surface area contributed by atoms with Crippen LogP contribution < -0.4 is 10.6 Å². The molecule has 0 aliphatic carbocycles. The zero-order valence-electron chi connectivity index (χ0n) is 14.4. The molecule has 0 atom stereocenters. The Morgan fingerprint density at radius 1 is 1.35 bits per heavy atom. The van der Waals surface area contributed by atoms with Gasteiger partial charge in [0.1, 0.15) is 4.88 Å². The summed E-state index contributed by atoms with van der Waals surface area (Å²) in [7, 11) is 0. The number of likely N-dealkylation sites (tertiary alicyclic amines) is 1. The molecular weight excluding hydrogens is 374 g/mol. The highest BCUT2D eigenvalue weighted by Gasteiger charge is 2.26. The van der Waals surface area contributed by atoms with E-state index in [-0.39, 0.29) is 11.9 Å². The van der Waals surface area contributed by atoms with E-state index in [1.807, 2.05) is 4.90 Å². The van der Waals surface area contributed by atoms with E-state index in [0.717, 1.165) is 24.4 Å². The van der Waals surface area contributed by atoms with Crippen molar-refractivity contribution in [1.82, 2.24) is 19.8 Å². The largest absolute Gasteiger partial charge is 0.338 e. The van der Waals surface area contributed by atoms with Gasteiger partial charge >= 0.3 is 6.03 Å². The molecule has 2 heterocycles. The SMILES string of the molecule is Cc1nnsc1C(=O)N1CCC(CNC(=O)Nc2cccc(Cl)c2)CC1. The van der Waals surface area contributed by atoms with Crippen molar-refractivity contribution in [1.29, 1.82) is 0 Å². The second-order valence-corrected chi connectivity index (χ2v) is 7.46. The highest BCUT2D eigenvalue weighted by molar-refractivity contribution is 7.07. The molecule has 0 unspecified atom stereocenters. The lowest BCUT2D eigenvalue weighted by Crippen LogP contribution is -2.42. The summed E-state index contributed by atoms with van der Waals surface area (Å²) in [5.41, 5.74) is 1.34. The number of carbonyl (C=O) groups excluding carboxylic acids is 2. The molecule has 1 aliphatic rings. The van der Waals surface area contributed by atoms with Gasteiger partial charge in [0.25, 0.3) is 5.91 Å². The summed E-state index contributed by atoms with van der Waals surface area (Å²) in [6.45, 7) is 3.73. The third kappa shape index (κ3) is 4.70. The average molecular weight is 394 g/mol. The summed E-state index contributed by atoms with van der Waals surface area (Å²) >= 11 is 7.04. The first-order chi connectivity index (χ1) is 12.5. The Bertz CT molecular complexity index is 789. The Hall–Kier alpha value is -2.19. The monoisotopic (exact) mass is 393 g/mol. The number of urea groups is 1. The molecule has 0 spiro atoms. The predicted molar refractivity (Wildman–Crippen MR) is 102 cm³/mol. The van der Waals surface area contributed by atoms with Gasteiger partial charge in [0.05, 0.1) is 5.69 Å². The van der Waals surface area contributed by atoms with Crippen LogP contribution in [0.2, 0.25) is 5.02 Å². The number of piperidine rings is 1. The van der Waals surface area contributed by atoms with Crippen molar-refractivity contribution in [2.45, 2.75) is 19.8 Å². The van der Waals surface area contributed by atoms with Crippen LogP contribution in [-0.2, 0) is 0 Å². The predicted octanol–water partition coefficient (Wildman–Crippen LogP) is 3.17. The third-order valence-corrected chi connectivity index (χ3v) is 5.43. The van der Waals surface area contributed by atoms with Gasteiger partial charge in [0.2, 0.25) is 0 Å². The number of hydrogen-bond acceptors (Lipinski definition) is 5. The Morgan fingerprint density at radius 2 is 2.12 bits per heavy atom. The number of amides is 3. The second kappa shape index (κ2) is 8.46. The fourth-order valence-corrected chi connectivity index (χ4v) is 3.71. The van der Waals surface area contributed by atoms with Crippen molar-refractivity contribution in [2.75, 3.05) is 25.0 Å². The zero-order chi connectivity index (χ0) is 18.5. The number of benzene rings is 1.